The minimum absolute atomic E-state index is 0.199. The molecule has 0 aliphatic heterocycles. The normalized spacial score (nSPS) is 12.4. The van der Waals surface area contributed by atoms with Crippen LogP contribution < -0.4 is 10.1 Å². The second-order valence-electron chi connectivity index (χ2n) is 3.74. The molecule has 0 saturated carbocycles. The molecule has 1 atom stereocenters. The molecule has 0 bridgehead atoms. The molecule has 0 fully saturated rings. The lowest BCUT2D eigenvalue weighted by Crippen LogP contribution is -2.23. The van der Waals surface area contributed by atoms with E-state index in [2.05, 4.69) is 19.2 Å². The van der Waals surface area contributed by atoms with E-state index >= 15 is 0 Å². The Bertz CT molecular complexity index is 286. The molecule has 1 unspecified atom stereocenters. The summed E-state index contributed by atoms with van der Waals surface area (Å²) in [5.74, 6) is 0.512. The smallest absolute Gasteiger partial charge is 0.123 e. The first-order chi connectivity index (χ1) is 7.76. The van der Waals surface area contributed by atoms with Crippen molar-refractivity contribution < 1.29 is 9.13 Å². The van der Waals surface area contributed by atoms with Crippen LogP contribution in [0, 0.1) is 5.82 Å². The molecular weight excluding hydrogens is 205 g/mol. The molecule has 0 spiro atoms. The van der Waals surface area contributed by atoms with Gasteiger partial charge in [-0.05, 0) is 50.2 Å². The fraction of sp³-hybridized carbons (Fsp3) is 0.538. The van der Waals surface area contributed by atoms with E-state index in [1.54, 1.807) is 12.1 Å². The van der Waals surface area contributed by atoms with Gasteiger partial charge in [-0.3, -0.25) is 0 Å². The molecule has 3 heteroatoms. The van der Waals surface area contributed by atoms with Crippen molar-refractivity contribution in [3.63, 3.8) is 0 Å². The van der Waals surface area contributed by atoms with Gasteiger partial charge in [0.15, 0.2) is 0 Å². The van der Waals surface area contributed by atoms with Gasteiger partial charge in [-0.15, -0.1) is 0 Å². The Labute approximate surface area is 96.8 Å². The predicted octanol–water partition coefficient (Wildman–Crippen LogP) is 2.98. The summed E-state index contributed by atoms with van der Waals surface area (Å²) in [4.78, 5) is 0. The average Bonchev–Trinajstić information content (AvgIpc) is 2.31. The van der Waals surface area contributed by atoms with E-state index in [9.17, 15) is 4.39 Å². The first-order valence-corrected chi connectivity index (χ1v) is 5.89. The van der Waals surface area contributed by atoms with Crippen LogP contribution in [-0.2, 0) is 0 Å². The Morgan fingerprint density at radius 3 is 2.50 bits per heavy atom. The molecule has 1 aromatic rings. The van der Waals surface area contributed by atoms with Gasteiger partial charge in [0.25, 0.3) is 0 Å². The fourth-order valence-corrected chi connectivity index (χ4v) is 1.49. The van der Waals surface area contributed by atoms with Crippen molar-refractivity contribution >= 4 is 0 Å². The lowest BCUT2D eigenvalue weighted by molar-refractivity contribution is 0.186. The fourth-order valence-electron chi connectivity index (χ4n) is 1.49. The Morgan fingerprint density at radius 1 is 1.25 bits per heavy atom. The molecule has 0 saturated heterocycles. The maximum atomic E-state index is 12.7. The van der Waals surface area contributed by atoms with Crippen molar-refractivity contribution in [1.82, 2.24) is 5.32 Å². The van der Waals surface area contributed by atoms with E-state index in [0.717, 1.165) is 31.7 Å². The molecule has 0 aliphatic rings. The second kappa shape index (κ2) is 7.23. The summed E-state index contributed by atoms with van der Waals surface area (Å²) in [7, 11) is 0. The summed E-state index contributed by atoms with van der Waals surface area (Å²) in [6, 6.07) is 6.19. The minimum atomic E-state index is -0.229. The van der Waals surface area contributed by atoms with Gasteiger partial charge in [-0.1, -0.05) is 13.8 Å². The molecule has 1 rings (SSSR count). The summed E-state index contributed by atoms with van der Waals surface area (Å²) in [5, 5.41) is 3.27. The third kappa shape index (κ3) is 4.62. The van der Waals surface area contributed by atoms with Gasteiger partial charge in [-0.2, -0.15) is 0 Å². The van der Waals surface area contributed by atoms with E-state index in [0.29, 0.717) is 0 Å². The average molecular weight is 225 g/mol. The van der Waals surface area contributed by atoms with E-state index in [1.165, 1.54) is 12.1 Å². The highest BCUT2D eigenvalue weighted by Gasteiger charge is 2.07. The van der Waals surface area contributed by atoms with E-state index in [-0.39, 0.29) is 11.9 Å². The molecule has 0 aromatic heterocycles. The Morgan fingerprint density at radius 2 is 1.94 bits per heavy atom. The topological polar surface area (TPSA) is 21.3 Å². The van der Waals surface area contributed by atoms with Gasteiger partial charge < -0.3 is 10.1 Å². The molecule has 1 N–H and O–H groups in total. The van der Waals surface area contributed by atoms with Gasteiger partial charge in [0.1, 0.15) is 11.6 Å². The van der Waals surface area contributed by atoms with Gasteiger partial charge in [-0.25, -0.2) is 4.39 Å². The van der Waals surface area contributed by atoms with Crippen LogP contribution in [-0.4, -0.2) is 19.2 Å². The highest BCUT2D eigenvalue weighted by Crippen LogP contribution is 2.15. The molecule has 0 amide bonds. The van der Waals surface area contributed by atoms with Crippen LogP contribution in [0.1, 0.15) is 26.7 Å². The number of nitrogens with one attached hydrogen (secondary N) is 1. The van der Waals surface area contributed by atoms with Crippen molar-refractivity contribution in [1.29, 1.82) is 0 Å². The second-order valence-corrected chi connectivity index (χ2v) is 3.74. The zero-order valence-electron chi connectivity index (χ0n) is 10.0. The molecule has 0 heterocycles. The van der Waals surface area contributed by atoms with Crippen molar-refractivity contribution in [3.05, 3.63) is 30.1 Å². The zero-order valence-corrected chi connectivity index (χ0v) is 10.0. The van der Waals surface area contributed by atoms with E-state index in [1.807, 2.05) is 0 Å². The van der Waals surface area contributed by atoms with Crippen LogP contribution in [0.5, 0.6) is 5.75 Å². The lowest BCUT2D eigenvalue weighted by Gasteiger charge is -2.17. The maximum Gasteiger partial charge on any atom is 0.123 e. The molecule has 90 valence electrons. The molecule has 2 nitrogen and oxygen atoms in total. The first-order valence-electron chi connectivity index (χ1n) is 5.89. The summed E-state index contributed by atoms with van der Waals surface area (Å²) in [6.07, 6.45) is 2.13. The van der Waals surface area contributed by atoms with Gasteiger partial charge in [0.05, 0.1) is 6.10 Å². The van der Waals surface area contributed by atoms with Crippen molar-refractivity contribution in [2.24, 2.45) is 0 Å². The number of hydrogen-bond acceptors (Lipinski definition) is 2. The Balaban J connectivity index is 2.40. The van der Waals surface area contributed by atoms with Crippen LogP contribution >= 0.6 is 0 Å². The highest BCUT2D eigenvalue weighted by atomic mass is 19.1. The molecule has 0 radical (unpaired) electrons. The van der Waals surface area contributed by atoms with Crippen LogP contribution in [0.2, 0.25) is 0 Å². The Hall–Kier alpha value is -1.09. The minimum Gasteiger partial charge on any atom is -0.490 e. The lowest BCUT2D eigenvalue weighted by atomic mass is 10.2. The maximum absolute atomic E-state index is 12.7. The highest BCUT2D eigenvalue weighted by molar-refractivity contribution is 5.22. The predicted molar refractivity (Wildman–Crippen MR) is 64.3 cm³/mol. The molecule has 0 aliphatic carbocycles. The molecular formula is C13H20FNO. The zero-order chi connectivity index (χ0) is 11.8. The van der Waals surface area contributed by atoms with Gasteiger partial charge in [0.2, 0.25) is 0 Å². The number of hydrogen-bond donors (Lipinski definition) is 1. The first kappa shape index (κ1) is 13.0. The van der Waals surface area contributed by atoms with Gasteiger partial charge >= 0.3 is 0 Å². The number of ether oxygens (including phenoxy) is 1. The number of rotatable bonds is 7. The Kier molecular flexibility index (Phi) is 5.86. The van der Waals surface area contributed by atoms with Crippen molar-refractivity contribution in [2.75, 3.05) is 13.1 Å². The van der Waals surface area contributed by atoms with Crippen molar-refractivity contribution in [2.45, 2.75) is 32.8 Å². The quantitative estimate of drug-likeness (QED) is 0.720. The summed E-state index contributed by atoms with van der Waals surface area (Å²) in [5.41, 5.74) is 0. The van der Waals surface area contributed by atoms with Gasteiger partial charge in [0, 0.05) is 0 Å². The third-order valence-corrected chi connectivity index (χ3v) is 2.46. The van der Waals surface area contributed by atoms with Crippen molar-refractivity contribution in [3.8, 4) is 5.75 Å². The van der Waals surface area contributed by atoms with E-state index < -0.39 is 0 Å². The summed E-state index contributed by atoms with van der Waals surface area (Å²) in [6.45, 7) is 6.12. The largest absolute Gasteiger partial charge is 0.490 e. The standard InChI is InChI=1S/C13H20FNO/c1-3-12(9-10-15-4-2)16-13-7-5-11(14)6-8-13/h5-8,12,15H,3-4,9-10H2,1-2H3. The van der Waals surface area contributed by atoms with Crippen LogP contribution in [0.25, 0.3) is 0 Å². The summed E-state index contributed by atoms with van der Waals surface area (Å²) >= 11 is 0. The summed E-state index contributed by atoms with van der Waals surface area (Å²) < 4.78 is 18.4. The van der Waals surface area contributed by atoms with Crippen LogP contribution in [0.3, 0.4) is 0 Å². The van der Waals surface area contributed by atoms with E-state index in [4.69, 9.17) is 4.74 Å². The monoisotopic (exact) mass is 225 g/mol. The van der Waals surface area contributed by atoms with Crippen LogP contribution in [0.4, 0.5) is 4.39 Å². The number of benzene rings is 1. The molecule has 1 aromatic carbocycles. The number of halogens is 1. The molecule has 16 heavy (non-hydrogen) atoms. The van der Waals surface area contributed by atoms with Crippen LogP contribution in [0.15, 0.2) is 24.3 Å². The SMILES string of the molecule is CCNCCC(CC)Oc1ccc(F)cc1. The third-order valence-electron chi connectivity index (χ3n) is 2.46.